The fraction of sp³-hybridized carbons (Fsp3) is 1.00. The molecule has 0 aliphatic carbocycles. The summed E-state index contributed by atoms with van der Waals surface area (Å²) in [5, 5.41) is 3.47. The van der Waals surface area contributed by atoms with Crippen molar-refractivity contribution < 1.29 is 8.42 Å². The van der Waals surface area contributed by atoms with Crippen molar-refractivity contribution in [3.8, 4) is 0 Å². The van der Waals surface area contributed by atoms with Gasteiger partial charge in [-0.3, -0.25) is 0 Å². The Labute approximate surface area is 85.7 Å². The Bertz CT molecular complexity index is 302. The number of hydrogen-bond acceptors (Lipinski definition) is 3. The van der Waals surface area contributed by atoms with Crippen molar-refractivity contribution in [1.29, 1.82) is 0 Å². The third-order valence-electron chi connectivity index (χ3n) is 3.24. The molecule has 5 heteroatoms. The van der Waals surface area contributed by atoms with Crippen LogP contribution >= 0.6 is 0 Å². The molecule has 0 amide bonds. The van der Waals surface area contributed by atoms with Gasteiger partial charge in [-0.25, -0.2) is 12.7 Å². The van der Waals surface area contributed by atoms with Crippen molar-refractivity contribution in [1.82, 2.24) is 9.62 Å². The van der Waals surface area contributed by atoms with E-state index >= 15 is 0 Å². The zero-order valence-electron chi connectivity index (χ0n) is 8.57. The predicted octanol–water partition coefficient (Wildman–Crippen LogP) is 0.162. The van der Waals surface area contributed by atoms with Gasteiger partial charge >= 0.3 is 0 Å². The van der Waals surface area contributed by atoms with Gasteiger partial charge in [0, 0.05) is 25.2 Å². The van der Waals surface area contributed by atoms with Crippen molar-refractivity contribution in [2.45, 2.75) is 38.3 Å². The molecule has 2 atom stereocenters. The monoisotopic (exact) mass is 218 g/mol. The lowest BCUT2D eigenvalue weighted by Gasteiger charge is -2.22. The summed E-state index contributed by atoms with van der Waals surface area (Å²) in [6.45, 7) is 3.09. The summed E-state index contributed by atoms with van der Waals surface area (Å²) in [7, 11) is -2.97. The molecule has 2 saturated heterocycles. The zero-order chi connectivity index (χ0) is 10.2. The lowest BCUT2D eigenvalue weighted by atomic mass is 10.1. The Morgan fingerprint density at radius 2 is 2.00 bits per heavy atom. The minimum atomic E-state index is -2.97. The van der Waals surface area contributed by atoms with E-state index in [4.69, 9.17) is 0 Å². The molecule has 0 saturated carbocycles. The number of fused-ring (bicyclic) bond motifs is 2. The normalized spacial score (nSPS) is 34.4. The predicted molar refractivity (Wildman–Crippen MR) is 55.6 cm³/mol. The average molecular weight is 218 g/mol. The fourth-order valence-electron chi connectivity index (χ4n) is 2.35. The summed E-state index contributed by atoms with van der Waals surface area (Å²) < 4.78 is 25.0. The van der Waals surface area contributed by atoms with Crippen molar-refractivity contribution in [2.75, 3.05) is 18.8 Å². The molecule has 0 radical (unpaired) electrons. The van der Waals surface area contributed by atoms with Gasteiger partial charge in [0.2, 0.25) is 10.0 Å². The number of nitrogens with zero attached hydrogens (tertiary/aromatic N) is 1. The minimum absolute atomic E-state index is 0.227. The van der Waals surface area contributed by atoms with Crippen LogP contribution in [0.3, 0.4) is 0 Å². The Morgan fingerprint density at radius 1 is 1.29 bits per heavy atom. The van der Waals surface area contributed by atoms with Crippen LogP contribution in [-0.4, -0.2) is 43.6 Å². The molecule has 0 aromatic rings. The van der Waals surface area contributed by atoms with E-state index in [1.54, 1.807) is 11.2 Å². The van der Waals surface area contributed by atoms with Gasteiger partial charge in [-0.05, 0) is 26.2 Å². The summed E-state index contributed by atoms with van der Waals surface area (Å²) in [4.78, 5) is 0. The average Bonchev–Trinajstić information content (AvgIpc) is 2.45. The molecular formula is C9H18N2O2S. The standard InChI is InChI=1S/C9H18N2O2S/c1-2-14(12,13)11-6-5-8-3-4-9(7-11)10-8/h8-10H,2-7H2,1H3. The first-order valence-electron chi connectivity index (χ1n) is 5.35. The molecular weight excluding hydrogens is 200 g/mol. The number of sulfonamides is 1. The fourth-order valence-corrected chi connectivity index (χ4v) is 3.50. The van der Waals surface area contributed by atoms with Gasteiger partial charge in [-0.1, -0.05) is 0 Å². The number of nitrogens with one attached hydrogen (secondary N) is 1. The third kappa shape index (κ3) is 1.94. The second-order valence-corrected chi connectivity index (χ2v) is 6.44. The van der Waals surface area contributed by atoms with Gasteiger partial charge in [0.25, 0.3) is 0 Å². The molecule has 4 nitrogen and oxygen atoms in total. The summed E-state index contributed by atoms with van der Waals surface area (Å²) in [5.74, 6) is 0.227. The highest BCUT2D eigenvalue weighted by molar-refractivity contribution is 7.89. The SMILES string of the molecule is CCS(=O)(=O)N1CCC2CCC(C1)N2. The maximum atomic E-state index is 11.7. The van der Waals surface area contributed by atoms with E-state index in [1.165, 1.54) is 6.42 Å². The molecule has 2 bridgehead atoms. The van der Waals surface area contributed by atoms with Crippen molar-refractivity contribution >= 4 is 10.0 Å². The highest BCUT2D eigenvalue weighted by Crippen LogP contribution is 2.21. The maximum absolute atomic E-state index is 11.7. The molecule has 0 aromatic heterocycles. The van der Waals surface area contributed by atoms with Gasteiger partial charge in [-0.15, -0.1) is 0 Å². The van der Waals surface area contributed by atoms with Crippen molar-refractivity contribution in [3.05, 3.63) is 0 Å². The zero-order valence-corrected chi connectivity index (χ0v) is 9.39. The van der Waals surface area contributed by atoms with Crippen LogP contribution in [-0.2, 0) is 10.0 Å². The lowest BCUT2D eigenvalue weighted by molar-refractivity contribution is 0.384. The van der Waals surface area contributed by atoms with E-state index in [1.807, 2.05) is 0 Å². The van der Waals surface area contributed by atoms with Crippen molar-refractivity contribution in [2.24, 2.45) is 0 Å². The number of hydrogen-bond donors (Lipinski definition) is 1. The van der Waals surface area contributed by atoms with E-state index < -0.39 is 10.0 Å². The van der Waals surface area contributed by atoms with E-state index in [-0.39, 0.29) is 5.75 Å². The molecule has 14 heavy (non-hydrogen) atoms. The smallest absolute Gasteiger partial charge is 0.213 e. The quantitative estimate of drug-likeness (QED) is 0.718. The van der Waals surface area contributed by atoms with Crippen molar-refractivity contribution in [3.63, 3.8) is 0 Å². The van der Waals surface area contributed by atoms with Crippen LogP contribution in [0.25, 0.3) is 0 Å². The third-order valence-corrected chi connectivity index (χ3v) is 5.09. The van der Waals surface area contributed by atoms with Gasteiger partial charge in [0.05, 0.1) is 5.75 Å². The van der Waals surface area contributed by atoms with Crippen LogP contribution in [0.2, 0.25) is 0 Å². The van der Waals surface area contributed by atoms with E-state index in [2.05, 4.69) is 5.32 Å². The highest BCUT2D eigenvalue weighted by Gasteiger charge is 2.33. The summed E-state index contributed by atoms with van der Waals surface area (Å²) in [5.41, 5.74) is 0. The van der Waals surface area contributed by atoms with Gasteiger partial charge < -0.3 is 5.32 Å². The molecule has 2 unspecified atom stereocenters. The molecule has 2 aliphatic rings. The molecule has 1 N–H and O–H groups in total. The van der Waals surface area contributed by atoms with Crippen LogP contribution in [0.15, 0.2) is 0 Å². The molecule has 2 rings (SSSR count). The Balaban J connectivity index is 2.09. The Morgan fingerprint density at radius 3 is 2.71 bits per heavy atom. The Hall–Kier alpha value is -0.130. The van der Waals surface area contributed by atoms with E-state index in [9.17, 15) is 8.42 Å². The largest absolute Gasteiger partial charge is 0.310 e. The molecule has 2 aliphatic heterocycles. The van der Waals surface area contributed by atoms with Gasteiger partial charge in [-0.2, -0.15) is 0 Å². The van der Waals surface area contributed by atoms with Gasteiger partial charge in [0.15, 0.2) is 0 Å². The van der Waals surface area contributed by atoms with Crippen LogP contribution in [0.5, 0.6) is 0 Å². The lowest BCUT2D eigenvalue weighted by Crippen LogP contribution is -2.39. The summed E-state index contributed by atoms with van der Waals surface area (Å²) in [6, 6.07) is 0.945. The number of rotatable bonds is 2. The Kier molecular flexibility index (Phi) is 2.81. The minimum Gasteiger partial charge on any atom is -0.310 e. The first-order chi connectivity index (χ1) is 6.62. The second-order valence-electron chi connectivity index (χ2n) is 4.19. The second kappa shape index (κ2) is 3.79. The molecule has 0 spiro atoms. The van der Waals surface area contributed by atoms with E-state index in [0.29, 0.717) is 25.2 Å². The molecule has 0 aromatic carbocycles. The summed E-state index contributed by atoms with van der Waals surface area (Å²) in [6.07, 6.45) is 3.31. The maximum Gasteiger partial charge on any atom is 0.213 e. The molecule has 2 heterocycles. The molecule has 82 valence electrons. The summed E-state index contributed by atoms with van der Waals surface area (Å²) >= 11 is 0. The first-order valence-corrected chi connectivity index (χ1v) is 6.96. The van der Waals surface area contributed by atoms with Crippen LogP contribution in [0.4, 0.5) is 0 Å². The molecule has 2 fully saturated rings. The van der Waals surface area contributed by atoms with Crippen LogP contribution < -0.4 is 5.32 Å². The first kappa shape index (κ1) is 10.4. The van der Waals surface area contributed by atoms with Gasteiger partial charge in [0.1, 0.15) is 0 Å². The topological polar surface area (TPSA) is 49.4 Å². The van der Waals surface area contributed by atoms with E-state index in [0.717, 1.165) is 12.8 Å². The van der Waals surface area contributed by atoms with Crippen LogP contribution in [0, 0.1) is 0 Å². The highest BCUT2D eigenvalue weighted by atomic mass is 32.2. The van der Waals surface area contributed by atoms with Crippen LogP contribution in [0.1, 0.15) is 26.2 Å².